The summed E-state index contributed by atoms with van der Waals surface area (Å²) in [7, 11) is 3.90. The lowest BCUT2D eigenvalue weighted by Gasteiger charge is -2.32. The van der Waals surface area contributed by atoms with E-state index in [2.05, 4.69) is 0 Å². The Balaban J connectivity index is 2.08. The first-order chi connectivity index (χ1) is 9.11. The smallest absolute Gasteiger partial charge is 0.254 e. The standard InChI is InChI=1S/C14H19N3O2/c1-15(2)13-5-3-4-12(10-13)14(19)17-8-6-16(11-18)7-9-17/h3-5,10-11H,6-9H2,1-2H3. The van der Waals surface area contributed by atoms with Crippen LogP contribution in [-0.2, 0) is 4.79 Å². The molecule has 0 radical (unpaired) electrons. The molecule has 5 heteroatoms. The molecular weight excluding hydrogens is 242 g/mol. The molecule has 0 aliphatic carbocycles. The van der Waals surface area contributed by atoms with Crippen LogP contribution >= 0.6 is 0 Å². The molecule has 0 N–H and O–H groups in total. The van der Waals surface area contributed by atoms with Crippen LogP contribution in [0.1, 0.15) is 10.4 Å². The molecule has 0 bridgehead atoms. The van der Waals surface area contributed by atoms with Crippen LogP contribution in [0, 0.1) is 0 Å². The van der Waals surface area contributed by atoms with Gasteiger partial charge in [0.1, 0.15) is 0 Å². The summed E-state index contributed by atoms with van der Waals surface area (Å²) in [5, 5.41) is 0. The van der Waals surface area contributed by atoms with Gasteiger partial charge in [0.05, 0.1) is 0 Å². The van der Waals surface area contributed by atoms with Crippen LogP contribution in [0.15, 0.2) is 24.3 Å². The average Bonchev–Trinajstić information content (AvgIpc) is 2.46. The second kappa shape index (κ2) is 5.73. The highest BCUT2D eigenvalue weighted by atomic mass is 16.2. The molecule has 5 nitrogen and oxygen atoms in total. The van der Waals surface area contributed by atoms with Gasteiger partial charge in [-0.05, 0) is 18.2 Å². The van der Waals surface area contributed by atoms with Crippen molar-refractivity contribution in [2.75, 3.05) is 45.2 Å². The lowest BCUT2D eigenvalue weighted by molar-refractivity contribution is -0.119. The minimum atomic E-state index is 0.0363. The van der Waals surface area contributed by atoms with E-state index in [0.717, 1.165) is 12.1 Å². The number of benzene rings is 1. The quantitative estimate of drug-likeness (QED) is 0.751. The number of anilines is 1. The van der Waals surface area contributed by atoms with E-state index in [-0.39, 0.29) is 5.91 Å². The van der Waals surface area contributed by atoms with Crippen molar-refractivity contribution in [1.82, 2.24) is 9.80 Å². The number of hydrogen-bond donors (Lipinski definition) is 0. The second-order valence-electron chi connectivity index (χ2n) is 4.88. The van der Waals surface area contributed by atoms with Crippen LogP contribution in [-0.4, -0.2) is 62.4 Å². The molecule has 1 saturated heterocycles. The summed E-state index contributed by atoms with van der Waals surface area (Å²) in [6.45, 7) is 2.43. The maximum Gasteiger partial charge on any atom is 0.254 e. The fourth-order valence-corrected chi connectivity index (χ4v) is 2.13. The fourth-order valence-electron chi connectivity index (χ4n) is 2.13. The largest absolute Gasteiger partial charge is 0.378 e. The topological polar surface area (TPSA) is 43.9 Å². The Morgan fingerprint density at radius 2 is 1.89 bits per heavy atom. The monoisotopic (exact) mass is 261 g/mol. The number of piperazine rings is 1. The predicted molar refractivity (Wildman–Crippen MR) is 74.3 cm³/mol. The van der Waals surface area contributed by atoms with E-state index in [1.165, 1.54) is 0 Å². The van der Waals surface area contributed by atoms with Gasteiger partial charge in [-0.15, -0.1) is 0 Å². The molecule has 1 fully saturated rings. The predicted octanol–water partition coefficient (Wildman–Crippen LogP) is 0.667. The van der Waals surface area contributed by atoms with Crippen molar-refractivity contribution in [1.29, 1.82) is 0 Å². The van der Waals surface area contributed by atoms with Gasteiger partial charge >= 0.3 is 0 Å². The summed E-state index contributed by atoms with van der Waals surface area (Å²) in [6.07, 6.45) is 0.842. The third-order valence-electron chi connectivity index (χ3n) is 3.36. The molecule has 1 aromatic carbocycles. The van der Waals surface area contributed by atoms with Crippen molar-refractivity contribution in [2.45, 2.75) is 0 Å². The van der Waals surface area contributed by atoms with Crippen LogP contribution in [0.5, 0.6) is 0 Å². The van der Waals surface area contributed by atoms with Gasteiger partial charge in [0.15, 0.2) is 0 Å². The zero-order valence-electron chi connectivity index (χ0n) is 11.4. The Labute approximate surface area is 113 Å². The minimum absolute atomic E-state index is 0.0363. The Kier molecular flexibility index (Phi) is 4.04. The van der Waals surface area contributed by atoms with Gasteiger partial charge in [0, 0.05) is 51.5 Å². The molecule has 0 unspecified atom stereocenters. The maximum atomic E-state index is 12.4. The van der Waals surface area contributed by atoms with E-state index in [9.17, 15) is 9.59 Å². The van der Waals surface area contributed by atoms with E-state index < -0.39 is 0 Å². The van der Waals surface area contributed by atoms with Gasteiger partial charge in [-0.25, -0.2) is 0 Å². The van der Waals surface area contributed by atoms with E-state index >= 15 is 0 Å². The second-order valence-corrected chi connectivity index (χ2v) is 4.88. The number of amides is 2. The van der Waals surface area contributed by atoms with E-state index in [1.54, 1.807) is 9.80 Å². The Bertz CT molecular complexity index is 466. The zero-order valence-corrected chi connectivity index (χ0v) is 11.4. The van der Waals surface area contributed by atoms with Crippen LogP contribution in [0.25, 0.3) is 0 Å². The molecule has 0 atom stereocenters. The van der Waals surface area contributed by atoms with Gasteiger partial charge in [-0.3, -0.25) is 9.59 Å². The number of rotatable bonds is 3. The van der Waals surface area contributed by atoms with Crippen LogP contribution in [0.3, 0.4) is 0 Å². The van der Waals surface area contributed by atoms with E-state index in [1.807, 2.05) is 43.3 Å². The highest BCUT2D eigenvalue weighted by Crippen LogP contribution is 2.15. The summed E-state index contributed by atoms with van der Waals surface area (Å²) in [4.78, 5) is 28.5. The number of hydrogen-bond acceptors (Lipinski definition) is 3. The molecule has 0 aromatic heterocycles. The van der Waals surface area contributed by atoms with Crippen molar-refractivity contribution >= 4 is 18.0 Å². The van der Waals surface area contributed by atoms with Gasteiger partial charge in [0.25, 0.3) is 5.91 Å². The normalized spacial score (nSPS) is 15.3. The van der Waals surface area contributed by atoms with Crippen molar-refractivity contribution in [3.05, 3.63) is 29.8 Å². The van der Waals surface area contributed by atoms with Gasteiger partial charge in [0.2, 0.25) is 6.41 Å². The molecule has 2 rings (SSSR count). The molecule has 1 aliphatic rings. The Morgan fingerprint density at radius 1 is 1.21 bits per heavy atom. The lowest BCUT2D eigenvalue weighted by atomic mass is 10.1. The van der Waals surface area contributed by atoms with Gasteiger partial charge < -0.3 is 14.7 Å². The minimum Gasteiger partial charge on any atom is -0.378 e. The Morgan fingerprint density at radius 3 is 2.47 bits per heavy atom. The zero-order chi connectivity index (χ0) is 13.8. The Hall–Kier alpha value is -2.04. The summed E-state index contributed by atoms with van der Waals surface area (Å²) < 4.78 is 0. The third-order valence-corrected chi connectivity index (χ3v) is 3.36. The summed E-state index contributed by atoms with van der Waals surface area (Å²) in [6, 6.07) is 7.60. The molecule has 0 saturated carbocycles. The lowest BCUT2D eigenvalue weighted by Crippen LogP contribution is -2.48. The molecule has 102 valence electrons. The molecule has 19 heavy (non-hydrogen) atoms. The number of carbonyl (C=O) groups is 2. The first kappa shape index (κ1) is 13.4. The van der Waals surface area contributed by atoms with E-state index in [4.69, 9.17) is 0 Å². The van der Waals surface area contributed by atoms with Crippen molar-refractivity contribution in [3.63, 3.8) is 0 Å². The number of carbonyl (C=O) groups excluding carboxylic acids is 2. The third kappa shape index (κ3) is 3.05. The molecular formula is C14H19N3O2. The van der Waals surface area contributed by atoms with Crippen LogP contribution in [0.4, 0.5) is 5.69 Å². The van der Waals surface area contributed by atoms with Crippen molar-refractivity contribution in [2.24, 2.45) is 0 Å². The molecule has 2 amide bonds. The van der Waals surface area contributed by atoms with Crippen molar-refractivity contribution in [3.8, 4) is 0 Å². The van der Waals surface area contributed by atoms with Crippen LogP contribution < -0.4 is 4.90 Å². The average molecular weight is 261 g/mol. The molecule has 0 spiro atoms. The highest BCUT2D eigenvalue weighted by Gasteiger charge is 2.21. The highest BCUT2D eigenvalue weighted by molar-refractivity contribution is 5.95. The van der Waals surface area contributed by atoms with Gasteiger partial charge in [-0.1, -0.05) is 6.07 Å². The SMILES string of the molecule is CN(C)c1cccc(C(=O)N2CCN(C=O)CC2)c1. The van der Waals surface area contributed by atoms with Gasteiger partial charge in [-0.2, -0.15) is 0 Å². The van der Waals surface area contributed by atoms with Crippen molar-refractivity contribution < 1.29 is 9.59 Å². The first-order valence-corrected chi connectivity index (χ1v) is 6.38. The molecule has 1 heterocycles. The first-order valence-electron chi connectivity index (χ1n) is 6.38. The summed E-state index contributed by atoms with van der Waals surface area (Å²) in [5.41, 5.74) is 1.71. The maximum absolute atomic E-state index is 12.4. The summed E-state index contributed by atoms with van der Waals surface area (Å²) >= 11 is 0. The molecule has 1 aromatic rings. The van der Waals surface area contributed by atoms with E-state index in [0.29, 0.717) is 31.7 Å². The molecule has 1 aliphatic heterocycles. The summed E-state index contributed by atoms with van der Waals surface area (Å²) in [5.74, 6) is 0.0363. The fraction of sp³-hybridized carbons (Fsp3) is 0.429. The number of nitrogens with zero attached hydrogens (tertiary/aromatic N) is 3. The van der Waals surface area contributed by atoms with Crippen LogP contribution in [0.2, 0.25) is 0 Å².